The third-order valence-corrected chi connectivity index (χ3v) is 3.70. The molecule has 1 rings (SSSR count). The molecule has 0 aromatic carbocycles. The molecule has 1 heterocycles. The van der Waals surface area contributed by atoms with Gasteiger partial charge >= 0.3 is 5.97 Å². The number of sulfonamides is 1. The van der Waals surface area contributed by atoms with Crippen molar-refractivity contribution in [1.82, 2.24) is 9.29 Å². The van der Waals surface area contributed by atoms with Crippen molar-refractivity contribution in [2.24, 2.45) is 0 Å². The first kappa shape index (κ1) is 14.3. The number of carbonyl (C=O) groups is 1. The fourth-order valence-corrected chi connectivity index (χ4v) is 2.56. The van der Waals surface area contributed by atoms with Crippen molar-refractivity contribution >= 4 is 16.0 Å². The molecule has 0 spiro atoms. The van der Waals surface area contributed by atoms with Gasteiger partial charge in [-0.25, -0.2) is 17.8 Å². The average molecular weight is 274 g/mol. The highest BCUT2D eigenvalue weighted by atomic mass is 32.2. The zero-order valence-corrected chi connectivity index (χ0v) is 10.1. The summed E-state index contributed by atoms with van der Waals surface area (Å²) in [7, 11) is -4.29. The molecule has 8 heteroatoms. The average Bonchev–Trinajstić information content (AvgIpc) is 2.28. The number of carboxylic acids is 1. The zero-order valence-electron chi connectivity index (χ0n) is 9.28. The largest absolute Gasteiger partial charge is 0.480 e. The molecule has 98 valence electrons. The predicted molar refractivity (Wildman–Crippen MR) is 60.8 cm³/mol. The van der Waals surface area contributed by atoms with E-state index >= 15 is 0 Å². The van der Waals surface area contributed by atoms with Crippen LogP contribution in [-0.4, -0.2) is 41.9 Å². The van der Waals surface area contributed by atoms with E-state index in [9.17, 15) is 17.6 Å². The highest BCUT2D eigenvalue weighted by Gasteiger charge is 2.29. The molecule has 0 fully saturated rings. The standard InChI is InChI=1S/C10H11FN2O4S/c1-2-6-13(7-9(14)15)18(16,17)10-8(11)4-3-5-12-10/h2-5H,1,6-7H2,(H,14,15). The lowest BCUT2D eigenvalue weighted by molar-refractivity contribution is -0.137. The van der Waals surface area contributed by atoms with E-state index in [0.29, 0.717) is 4.31 Å². The second kappa shape index (κ2) is 5.69. The summed E-state index contributed by atoms with van der Waals surface area (Å²) >= 11 is 0. The summed E-state index contributed by atoms with van der Waals surface area (Å²) < 4.78 is 37.9. The second-order valence-corrected chi connectivity index (χ2v) is 5.12. The molecular weight excluding hydrogens is 263 g/mol. The number of halogens is 1. The van der Waals surface area contributed by atoms with Crippen molar-refractivity contribution < 1.29 is 22.7 Å². The number of aliphatic carboxylic acids is 1. The summed E-state index contributed by atoms with van der Waals surface area (Å²) in [6, 6.07) is 2.18. The first-order valence-electron chi connectivity index (χ1n) is 4.83. The number of nitrogens with zero attached hydrogens (tertiary/aromatic N) is 2. The van der Waals surface area contributed by atoms with Crippen molar-refractivity contribution in [1.29, 1.82) is 0 Å². The van der Waals surface area contributed by atoms with Crippen LogP contribution >= 0.6 is 0 Å². The zero-order chi connectivity index (χ0) is 13.8. The molecule has 0 unspecified atom stereocenters. The molecule has 0 bridgehead atoms. The minimum absolute atomic E-state index is 0.245. The molecular formula is C10H11FN2O4S. The smallest absolute Gasteiger partial charge is 0.318 e. The van der Waals surface area contributed by atoms with Crippen molar-refractivity contribution in [2.45, 2.75) is 5.03 Å². The summed E-state index contributed by atoms with van der Waals surface area (Å²) in [4.78, 5) is 14.0. The molecule has 0 aliphatic heterocycles. The molecule has 0 aliphatic rings. The SMILES string of the molecule is C=CCN(CC(=O)O)S(=O)(=O)c1ncccc1F. The van der Waals surface area contributed by atoms with Gasteiger partial charge in [0, 0.05) is 12.7 Å². The third-order valence-electron chi connectivity index (χ3n) is 1.95. The van der Waals surface area contributed by atoms with Gasteiger partial charge in [-0.1, -0.05) is 6.08 Å². The van der Waals surface area contributed by atoms with Crippen LogP contribution < -0.4 is 0 Å². The monoisotopic (exact) mass is 274 g/mol. The number of carboxylic acid groups (broad SMARTS) is 1. The van der Waals surface area contributed by atoms with Crippen LogP contribution in [-0.2, 0) is 14.8 Å². The molecule has 18 heavy (non-hydrogen) atoms. The molecule has 0 saturated heterocycles. The number of hydrogen-bond donors (Lipinski definition) is 1. The minimum atomic E-state index is -4.29. The predicted octanol–water partition coefficient (Wildman–Crippen LogP) is 0.482. The Labute approximate surface area is 103 Å². The maximum Gasteiger partial charge on any atom is 0.318 e. The summed E-state index contributed by atoms with van der Waals surface area (Å²) in [5, 5.41) is 7.84. The Bertz CT molecular complexity index is 559. The second-order valence-electron chi connectivity index (χ2n) is 3.27. The van der Waals surface area contributed by atoms with E-state index in [1.165, 1.54) is 12.1 Å². The Balaban J connectivity index is 3.21. The van der Waals surface area contributed by atoms with E-state index in [-0.39, 0.29) is 6.54 Å². The van der Waals surface area contributed by atoms with Gasteiger partial charge < -0.3 is 5.11 Å². The molecule has 1 N–H and O–H groups in total. The van der Waals surface area contributed by atoms with Crippen molar-refractivity contribution in [3.8, 4) is 0 Å². The molecule has 1 aromatic heterocycles. The molecule has 0 aliphatic carbocycles. The Hall–Kier alpha value is -1.80. The van der Waals surface area contributed by atoms with Gasteiger partial charge in [-0.3, -0.25) is 4.79 Å². The molecule has 0 amide bonds. The van der Waals surface area contributed by atoms with Gasteiger partial charge in [0.1, 0.15) is 6.54 Å². The topological polar surface area (TPSA) is 87.6 Å². The lowest BCUT2D eigenvalue weighted by Crippen LogP contribution is -2.36. The van der Waals surface area contributed by atoms with Crippen molar-refractivity contribution in [3.05, 3.63) is 36.8 Å². The van der Waals surface area contributed by atoms with E-state index in [1.807, 2.05) is 0 Å². The summed E-state index contributed by atoms with van der Waals surface area (Å²) in [5.41, 5.74) is 0. The van der Waals surface area contributed by atoms with E-state index in [1.54, 1.807) is 0 Å². The molecule has 0 radical (unpaired) electrons. The van der Waals surface area contributed by atoms with Gasteiger partial charge in [-0.2, -0.15) is 4.31 Å². The van der Waals surface area contributed by atoms with Crippen molar-refractivity contribution in [3.63, 3.8) is 0 Å². The highest BCUT2D eigenvalue weighted by molar-refractivity contribution is 7.89. The molecule has 6 nitrogen and oxygen atoms in total. The van der Waals surface area contributed by atoms with Gasteiger partial charge in [0.25, 0.3) is 10.0 Å². The molecule has 0 atom stereocenters. The van der Waals surface area contributed by atoms with Crippen LogP contribution in [0.15, 0.2) is 36.0 Å². The first-order chi connectivity index (χ1) is 8.39. The molecule has 1 aromatic rings. The van der Waals surface area contributed by atoms with Gasteiger partial charge in [0.2, 0.25) is 5.03 Å². The van der Waals surface area contributed by atoms with Crippen molar-refractivity contribution in [2.75, 3.05) is 13.1 Å². The summed E-state index contributed by atoms with van der Waals surface area (Å²) in [6.07, 6.45) is 2.32. The maximum atomic E-state index is 13.4. The van der Waals surface area contributed by atoms with E-state index < -0.39 is 33.4 Å². The lowest BCUT2D eigenvalue weighted by atomic mass is 10.5. The summed E-state index contributed by atoms with van der Waals surface area (Å²) in [6.45, 7) is 2.29. The van der Waals surface area contributed by atoms with E-state index in [2.05, 4.69) is 11.6 Å². The highest BCUT2D eigenvalue weighted by Crippen LogP contribution is 2.16. The number of pyridine rings is 1. The van der Waals surface area contributed by atoms with Crippen LogP contribution in [0.25, 0.3) is 0 Å². The quantitative estimate of drug-likeness (QED) is 0.762. The van der Waals surface area contributed by atoms with Crippen LogP contribution in [0.3, 0.4) is 0 Å². The van der Waals surface area contributed by atoms with Gasteiger partial charge in [0.05, 0.1) is 0 Å². The van der Waals surface area contributed by atoms with E-state index in [4.69, 9.17) is 5.11 Å². The maximum absolute atomic E-state index is 13.4. The lowest BCUT2D eigenvalue weighted by Gasteiger charge is -2.17. The van der Waals surface area contributed by atoms with Gasteiger partial charge in [-0.15, -0.1) is 6.58 Å². The Kier molecular flexibility index (Phi) is 4.51. The minimum Gasteiger partial charge on any atom is -0.480 e. The normalized spacial score (nSPS) is 11.4. The van der Waals surface area contributed by atoms with Crippen LogP contribution in [0, 0.1) is 5.82 Å². The van der Waals surface area contributed by atoms with Crippen LogP contribution in [0.5, 0.6) is 0 Å². The summed E-state index contributed by atoms with van der Waals surface area (Å²) in [5.74, 6) is -2.38. The van der Waals surface area contributed by atoms with Crippen LogP contribution in [0.4, 0.5) is 4.39 Å². The Morgan fingerprint density at radius 3 is 2.78 bits per heavy atom. The fraction of sp³-hybridized carbons (Fsp3) is 0.200. The fourth-order valence-electron chi connectivity index (χ4n) is 1.23. The first-order valence-corrected chi connectivity index (χ1v) is 6.27. The van der Waals surface area contributed by atoms with Gasteiger partial charge in [0.15, 0.2) is 5.82 Å². The third kappa shape index (κ3) is 3.11. The molecule has 0 saturated carbocycles. The van der Waals surface area contributed by atoms with Crippen LogP contribution in [0.2, 0.25) is 0 Å². The Morgan fingerprint density at radius 1 is 1.61 bits per heavy atom. The number of aromatic nitrogens is 1. The Morgan fingerprint density at radius 2 is 2.28 bits per heavy atom. The van der Waals surface area contributed by atoms with E-state index in [0.717, 1.165) is 12.3 Å². The van der Waals surface area contributed by atoms with Gasteiger partial charge in [-0.05, 0) is 12.1 Å². The number of rotatable bonds is 6. The number of hydrogen-bond acceptors (Lipinski definition) is 4. The van der Waals surface area contributed by atoms with Crippen LogP contribution in [0.1, 0.15) is 0 Å².